The average molecular weight is 411 g/mol. The van der Waals surface area contributed by atoms with Gasteiger partial charge in [0, 0.05) is 23.4 Å². The number of nitrogens with one attached hydrogen (secondary N) is 2. The first-order valence-corrected chi connectivity index (χ1v) is 9.67. The van der Waals surface area contributed by atoms with Crippen LogP contribution in [0.4, 0.5) is 0 Å². The van der Waals surface area contributed by atoms with Gasteiger partial charge < -0.3 is 20.5 Å². The summed E-state index contributed by atoms with van der Waals surface area (Å²) in [5.74, 6) is -0.0514. The fraction of sp³-hybridized carbons (Fsp3) is 0.381. The monoisotopic (exact) mass is 411 g/mol. The number of benzene rings is 1. The third-order valence-electron chi connectivity index (χ3n) is 5.24. The number of carbonyl (C=O) groups excluding carboxylic acids is 2. The number of methoxy groups -OCH3 is 2. The number of hydrogen-bond donors (Lipinski definition) is 3. The number of amidine groups is 1. The molecule has 0 atom stereocenters. The minimum absolute atomic E-state index is 0.0207. The molecule has 1 saturated carbocycles. The van der Waals surface area contributed by atoms with Gasteiger partial charge in [-0.1, -0.05) is 24.3 Å². The molecule has 1 aliphatic carbocycles. The minimum Gasteiger partial charge on any atom is -0.480 e. The molecule has 0 spiro atoms. The molecule has 3 rings (SSSR count). The van der Waals surface area contributed by atoms with Crippen molar-refractivity contribution in [3.63, 3.8) is 0 Å². The quantitative estimate of drug-likeness (QED) is 0.374. The predicted octanol–water partition coefficient (Wildman–Crippen LogP) is 1.90. The van der Waals surface area contributed by atoms with Crippen LogP contribution in [0.2, 0.25) is 0 Å². The van der Waals surface area contributed by atoms with Gasteiger partial charge in [0.2, 0.25) is 5.88 Å². The number of esters is 1. The van der Waals surface area contributed by atoms with Gasteiger partial charge in [0.15, 0.2) is 5.82 Å². The van der Waals surface area contributed by atoms with E-state index < -0.39 is 0 Å². The molecule has 0 saturated heterocycles. The maximum Gasteiger partial charge on any atom is 0.308 e. The lowest BCUT2D eigenvalue weighted by Gasteiger charge is -2.27. The topological polar surface area (TPSA) is 140 Å². The number of aromatic nitrogens is 2. The smallest absolute Gasteiger partial charge is 0.308 e. The molecule has 4 N–H and O–H groups in total. The zero-order valence-corrected chi connectivity index (χ0v) is 17.0. The van der Waals surface area contributed by atoms with E-state index in [9.17, 15) is 9.59 Å². The Bertz CT molecular complexity index is 937. The summed E-state index contributed by atoms with van der Waals surface area (Å²) in [5, 5.41) is 10.4. The van der Waals surface area contributed by atoms with Crippen molar-refractivity contribution in [3.8, 4) is 17.3 Å². The Morgan fingerprint density at radius 3 is 2.37 bits per heavy atom. The van der Waals surface area contributed by atoms with Crippen LogP contribution in [0, 0.1) is 11.3 Å². The number of ether oxygens (including phenoxy) is 2. The zero-order valence-electron chi connectivity index (χ0n) is 17.0. The molecule has 158 valence electrons. The van der Waals surface area contributed by atoms with Crippen molar-refractivity contribution in [2.45, 2.75) is 31.7 Å². The summed E-state index contributed by atoms with van der Waals surface area (Å²) < 4.78 is 10.1. The Morgan fingerprint density at radius 2 is 1.80 bits per heavy atom. The summed E-state index contributed by atoms with van der Waals surface area (Å²) in [5.41, 5.74) is 7.03. The van der Waals surface area contributed by atoms with Crippen LogP contribution in [-0.2, 0) is 9.53 Å². The normalized spacial score (nSPS) is 18.3. The molecule has 2 aromatic rings. The van der Waals surface area contributed by atoms with Crippen LogP contribution in [0.25, 0.3) is 11.4 Å². The van der Waals surface area contributed by atoms with Gasteiger partial charge in [0.05, 0.1) is 20.1 Å². The molecule has 0 radical (unpaired) electrons. The van der Waals surface area contributed by atoms with Crippen LogP contribution < -0.4 is 15.8 Å². The number of amides is 1. The molecule has 1 fully saturated rings. The number of nitrogen functional groups attached to an aromatic ring is 1. The van der Waals surface area contributed by atoms with Crippen molar-refractivity contribution in [1.82, 2.24) is 15.3 Å². The van der Waals surface area contributed by atoms with Gasteiger partial charge in [-0.25, -0.2) is 4.98 Å². The first-order valence-electron chi connectivity index (χ1n) is 9.67. The second-order valence-electron chi connectivity index (χ2n) is 7.15. The van der Waals surface area contributed by atoms with E-state index in [4.69, 9.17) is 20.6 Å². The summed E-state index contributed by atoms with van der Waals surface area (Å²) in [6.45, 7) is 0. The van der Waals surface area contributed by atoms with Crippen molar-refractivity contribution in [1.29, 1.82) is 5.41 Å². The van der Waals surface area contributed by atoms with Gasteiger partial charge in [-0.15, -0.1) is 0 Å². The van der Waals surface area contributed by atoms with Crippen LogP contribution in [0.3, 0.4) is 0 Å². The van der Waals surface area contributed by atoms with E-state index in [2.05, 4.69) is 15.3 Å². The number of rotatable bonds is 6. The number of hydrogen-bond acceptors (Lipinski definition) is 7. The lowest BCUT2D eigenvalue weighted by molar-refractivity contribution is -0.146. The molecule has 0 bridgehead atoms. The highest BCUT2D eigenvalue weighted by Gasteiger charge is 2.28. The van der Waals surface area contributed by atoms with Gasteiger partial charge in [0.1, 0.15) is 11.4 Å². The standard InChI is InChI=1S/C21H25N5O4/c1-29-20-16(19(27)25-15-9-7-14(8-10-15)21(28)30-2)11-24-18(26-20)13-5-3-12(4-6-13)17(22)23/h3-6,11,14-15H,7-10H2,1-2H3,(H3,22,23)(H,25,27). The van der Waals surface area contributed by atoms with Crippen LogP contribution in [0.15, 0.2) is 30.5 Å². The third kappa shape index (κ3) is 4.73. The van der Waals surface area contributed by atoms with E-state index in [0.717, 1.165) is 0 Å². The summed E-state index contributed by atoms with van der Waals surface area (Å²) in [7, 11) is 2.84. The largest absolute Gasteiger partial charge is 0.480 e. The molecule has 1 aliphatic rings. The van der Waals surface area contributed by atoms with Crippen molar-refractivity contribution in [3.05, 3.63) is 41.6 Å². The van der Waals surface area contributed by atoms with Crippen molar-refractivity contribution < 1.29 is 19.1 Å². The highest BCUT2D eigenvalue weighted by atomic mass is 16.5. The highest BCUT2D eigenvalue weighted by molar-refractivity contribution is 5.97. The Hall–Kier alpha value is -3.49. The molecule has 9 nitrogen and oxygen atoms in total. The van der Waals surface area contributed by atoms with Crippen LogP contribution in [0.5, 0.6) is 5.88 Å². The van der Waals surface area contributed by atoms with E-state index in [1.165, 1.54) is 20.4 Å². The number of nitrogens with two attached hydrogens (primary N) is 1. The second-order valence-corrected chi connectivity index (χ2v) is 7.15. The van der Waals surface area contributed by atoms with Crippen molar-refractivity contribution >= 4 is 17.7 Å². The molecule has 30 heavy (non-hydrogen) atoms. The van der Waals surface area contributed by atoms with Gasteiger partial charge in [-0.2, -0.15) is 4.98 Å². The molecule has 1 aromatic heterocycles. The molecular formula is C21H25N5O4. The van der Waals surface area contributed by atoms with Crippen molar-refractivity contribution in [2.75, 3.05) is 14.2 Å². The minimum atomic E-state index is -0.313. The van der Waals surface area contributed by atoms with Gasteiger partial charge >= 0.3 is 5.97 Å². The van der Waals surface area contributed by atoms with E-state index in [-0.39, 0.29) is 41.1 Å². The Kier molecular flexibility index (Phi) is 6.61. The molecule has 0 aliphatic heterocycles. The third-order valence-corrected chi connectivity index (χ3v) is 5.24. The van der Waals surface area contributed by atoms with Gasteiger partial charge in [0.25, 0.3) is 5.91 Å². The summed E-state index contributed by atoms with van der Waals surface area (Å²) in [6.07, 6.45) is 4.21. The maximum atomic E-state index is 12.7. The lowest BCUT2D eigenvalue weighted by atomic mass is 9.86. The Balaban J connectivity index is 1.69. The van der Waals surface area contributed by atoms with E-state index in [1.807, 2.05) is 0 Å². The molecule has 0 unspecified atom stereocenters. The van der Waals surface area contributed by atoms with Crippen LogP contribution in [0.1, 0.15) is 41.6 Å². The summed E-state index contributed by atoms with van der Waals surface area (Å²) >= 11 is 0. The Morgan fingerprint density at radius 1 is 1.13 bits per heavy atom. The molecule has 9 heteroatoms. The SMILES string of the molecule is COC(=O)C1CCC(NC(=O)c2cnc(-c3ccc(C(=N)N)cc3)nc2OC)CC1. The maximum absolute atomic E-state index is 12.7. The van der Waals surface area contributed by atoms with Gasteiger partial charge in [-0.05, 0) is 25.7 Å². The summed E-state index contributed by atoms with van der Waals surface area (Å²) in [4.78, 5) is 33.0. The highest BCUT2D eigenvalue weighted by Crippen LogP contribution is 2.26. The number of nitrogens with zero attached hydrogens (tertiary/aromatic N) is 2. The Labute approximate surface area is 174 Å². The van der Waals surface area contributed by atoms with E-state index >= 15 is 0 Å². The second kappa shape index (κ2) is 9.34. The summed E-state index contributed by atoms with van der Waals surface area (Å²) in [6, 6.07) is 6.90. The van der Waals surface area contributed by atoms with Gasteiger partial charge in [-0.3, -0.25) is 15.0 Å². The van der Waals surface area contributed by atoms with E-state index in [0.29, 0.717) is 42.6 Å². The average Bonchev–Trinajstić information content (AvgIpc) is 2.78. The zero-order chi connectivity index (χ0) is 21.7. The molecular weight excluding hydrogens is 386 g/mol. The van der Waals surface area contributed by atoms with Crippen LogP contribution >= 0.6 is 0 Å². The number of carbonyl (C=O) groups is 2. The fourth-order valence-electron chi connectivity index (χ4n) is 3.52. The molecule has 1 heterocycles. The van der Waals surface area contributed by atoms with Crippen molar-refractivity contribution in [2.24, 2.45) is 11.7 Å². The fourth-order valence-corrected chi connectivity index (χ4v) is 3.52. The predicted molar refractivity (Wildman–Crippen MR) is 110 cm³/mol. The van der Waals surface area contributed by atoms with Crippen LogP contribution in [-0.4, -0.2) is 47.9 Å². The lowest BCUT2D eigenvalue weighted by Crippen LogP contribution is -2.39. The first kappa shape index (κ1) is 21.2. The molecule has 1 aromatic carbocycles. The molecule has 1 amide bonds. The van der Waals surface area contributed by atoms with E-state index in [1.54, 1.807) is 24.3 Å². The first-order chi connectivity index (χ1) is 14.4.